The number of fused-ring (bicyclic) bond motifs is 2. The molecule has 0 saturated carbocycles. The van der Waals surface area contributed by atoms with E-state index < -0.39 is 17.7 Å². The molecule has 0 spiro atoms. The zero-order valence-electron chi connectivity index (χ0n) is 12.7. The summed E-state index contributed by atoms with van der Waals surface area (Å²) < 4.78 is 10.2. The molecule has 23 heavy (non-hydrogen) atoms. The second kappa shape index (κ2) is 5.36. The van der Waals surface area contributed by atoms with Crippen molar-refractivity contribution in [2.45, 2.75) is 13.0 Å². The molecule has 1 aromatic carbocycles. The van der Waals surface area contributed by atoms with Crippen LogP contribution in [0, 0.1) is 0 Å². The van der Waals surface area contributed by atoms with Crippen LogP contribution in [0.4, 0.5) is 0 Å². The third-order valence-electron chi connectivity index (χ3n) is 3.74. The Bertz CT molecular complexity index is 834. The summed E-state index contributed by atoms with van der Waals surface area (Å²) in [5.74, 6) is -1.09. The predicted octanol–water partition coefficient (Wildman–Crippen LogP) is 2.30. The third kappa shape index (κ3) is 2.12. The molecule has 0 aliphatic heterocycles. The smallest absolute Gasteiger partial charge is 0.208 e. The molecule has 0 bridgehead atoms. The first-order valence-corrected chi connectivity index (χ1v) is 7.61. The normalized spacial score (nSPS) is 14.3. The highest BCUT2D eigenvalue weighted by Crippen LogP contribution is 2.45. The number of hydrogen-bond acceptors (Lipinski definition) is 7. The highest BCUT2D eigenvalue weighted by atomic mass is 32.1. The maximum Gasteiger partial charge on any atom is 0.208 e. The van der Waals surface area contributed by atoms with Gasteiger partial charge in [-0.2, -0.15) is 0 Å². The van der Waals surface area contributed by atoms with E-state index in [4.69, 9.17) is 9.47 Å². The van der Waals surface area contributed by atoms with Gasteiger partial charge in [-0.3, -0.25) is 9.59 Å². The second-order valence-electron chi connectivity index (χ2n) is 5.11. The Labute approximate surface area is 135 Å². The number of ketones is 2. The maximum absolute atomic E-state index is 12.8. The fourth-order valence-electron chi connectivity index (χ4n) is 2.59. The second-order valence-corrected chi connectivity index (χ2v) is 6.19. The van der Waals surface area contributed by atoms with Gasteiger partial charge in [-0.15, -0.1) is 11.3 Å². The van der Waals surface area contributed by atoms with Gasteiger partial charge >= 0.3 is 0 Å². The molecule has 2 N–H and O–H groups in total. The molecule has 1 aliphatic carbocycles. The van der Waals surface area contributed by atoms with Gasteiger partial charge in [-0.1, -0.05) is 0 Å². The lowest BCUT2D eigenvalue weighted by Crippen LogP contribution is -2.20. The van der Waals surface area contributed by atoms with E-state index in [-0.39, 0.29) is 38.8 Å². The zero-order chi connectivity index (χ0) is 16.9. The van der Waals surface area contributed by atoms with E-state index in [2.05, 4.69) is 0 Å². The van der Waals surface area contributed by atoms with Crippen molar-refractivity contribution in [2.24, 2.45) is 0 Å². The van der Waals surface area contributed by atoms with Crippen molar-refractivity contribution in [1.29, 1.82) is 0 Å². The number of carbonyl (C=O) groups is 2. The lowest BCUT2D eigenvalue weighted by Gasteiger charge is -2.19. The largest absolute Gasteiger partial charge is 0.504 e. The fourth-order valence-corrected chi connectivity index (χ4v) is 3.63. The summed E-state index contributed by atoms with van der Waals surface area (Å²) in [5.41, 5.74) is 0.0993. The number of hydrogen-bond donors (Lipinski definition) is 2. The Morgan fingerprint density at radius 2 is 1.70 bits per heavy atom. The van der Waals surface area contributed by atoms with Gasteiger partial charge in [0.05, 0.1) is 36.3 Å². The van der Waals surface area contributed by atoms with Crippen LogP contribution in [0.2, 0.25) is 0 Å². The van der Waals surface area contributed by atoms with E-state index in [1.165, 1.54) is 26.4 Å². The zero-order valence-corrected chi connectivity index (χ0v) is 13.5. The van der Waals surface area contributed by atoms with Crippen LogP contribution in [0.1, 0.15) is 49.1 Å². The molecule has 2 aromatic rings. The van der Waals surface area contributed by atoms with Crippen molar-refractivity contribution in [3.05, 3.63) is 38.6 Å². The molecular weight excluding hydrogens is 320 g/mol. The monoisotopic (exact) mass is 334 g/mol. The molecule has 1 aromatic heterocycles. The van der Waals surface area contributed by atoms with Crippen molar-refractivity contribution in [2.75, 3.05) is 14.2 Å². The van der Waals surface area contributed by atoms with Crippen LogP contribution in [-0.4, -0.2) is 36.0 Å². The first-order valence-electron chi connectivity index (χ1n) is 6.79. The number of phenols is 1. The minimum atomic E-state index is -0.792. The number of rotatable bonds is 3. The van der Waals surface area contributed by atoms with Gasteiger partial charge in [0.2, 0.25) is 5.78 Å². The topological polar surface area (TPSA) is 93.1 Å². The van der Waals surface area contributed by atoms with Crippen molar-refractivity contribution in [3.8, 4) is 17.2 Å². The van der Waals surface area contributed by atoms with Crippen molar-refractivity contribution in [3.63, 3.8) is 0 Å². The van der Waals surface area contributed by atoms with Crippen LogP contribution < -0.4 is 9.47 Å². The van der Waals surface area contributed by atoms with Crippen LogP contribution >= 0.6 is 11.3 Å². The highest BCUT2D eigenvalue weighted by molar-refractivity contribution is 7.14. The third-order valence-corrected chi connectivity index (χ3v) is 5.04. The lowest BCUT2D eigenvalue weighted by molar-refractivity contribution is 0.0976. The number of phenolic OH excluding ortho intramolecular Hbond substituents is 1. The number of thiophene rings is 1. The molecular formula is C16H14O6S. The van der Waals surface area contributed by atoms with E-state index in [1.54, 1.807) is 6.92 Å². The predicted molar refractivity (Wildman–Crippen MR) is 83.0 cm³/mol. The van der Waals surface area contributed by atoms with Gasteiger partial charge < -0.3 is 19.7 Å². The Kier molecular flexibility index (Phi) is 3.62. The standard InChI is InChI=1S/C16H14O6S/c1-6(17)10-4-7-13(18)11-8(21-2)5-9(22-3)14(19)12(11)15(20)16(7)23-10/h4-6,17,19H,1-3H3/t6-/m1/s1. The fraction of sp³-hybridized carbons (Fsp3) is 0.250. The number of methoxy groups -OCH3 is 2. The number of aliphatic hydroxyl groups excluding tert-OH is 1. The first-order chi connectivity index (χ1) is 10.9. The number of aromatic hydroxyl groups is 1. The average Bonchev–Trinajstić information content (AvgIpc) is 2.98. The minimum absolute atomic E-state index is 0.0123. The molecule has 7 heteroatoms. The van der Waals surface area contributed by atoms with Crippen molar-refractivity contribution < 1.29 is 29.3 Å². The molecule has 3 rings (SSSR count). The molecule has 0 saturated heterocycles. The van der Waals surface area contributed by atoms with E-state index in [0.29, 0.717) is 4.88 Å². The summed E-state index contributed by atoms with van der Waals surface area (Å²) in [7, 11) is 2.71. The summed E-state index contributed by atoms with van der Waals surface area (Å²) in [4.78, 5) is 26.2. The summed E-state index contributed by atoms with van der Waals surface area (Å²) in [5, 5.41) is 20.0. The SMILES string of the molecule is COc1cc(OC)c2c(c1O)C(=O)c1sc([C@@H](C)O)cc1C2=O. The lowest BCUT2D eigenvalue weighted by atomic mass is 9.87. The number of benzene rings is 1. The molecule has 0 radical (unpaired) electrons. The van der Waals surface area contributed by atoms with E-state index in [0.717, 1.165) is 11.3 Å². The van der Waals surface area contributed by atoms with Gasteiger partial charge in [0, 0.05) is 16.5 Å². The van der Waals surface area contributed by atoms with Crippen molar-refractivity contribution >= 4 is 22.9 Å². The molecule has 1 heterocycles. The maximum atomic E-state index is 12.8. The Balaban J connectivity index is 2.32. The van der Waals surface area contributed by atoms with Crippen LogP contribution in [0.3, 0.4) is 0 Å². The van der Waals surface area contributed by atoms with E-state index >= 15 is 0 Å². The van der Waals surface area contributed by atoms with Gasteiger partial charge in [0.15, 0.2) is 17.3 Å². The Morgan fingerprint density at radius 3 is 2.26 bits per heavy atom. The molecule has 6 nitrogen and oxygen atoms in total. The van der Waals surface area contributed by atoms with Gasteiger partial charge in [0.25, 0.3) is 0 Å². The van der Waals surface area contributed by atoms with Crippen molar-refractivity contribution in [1.82, 2.24) is 0 Å². The van der Waals surface area contributed by atoms with Crippen LogP contribution in [-0.2, 0) is 0 Å². The molecule has 0 amide bonds. The van der Waals surface area contributed by atoms with Crippen LogP contribution in [0.25, 0.3) is 0 Å². The summed E-state index contributed by atoms with van der Waals surface area (Å²) in [6.45, 7) is 1.56. The van der Waals surface area contributed by atoms with E-state index in [9.17, 15) is 19.8 Å². The minimum Gasteiger partial charge on any atom is -0.504 e. The molecule has 1 atom stereocenters. The molecule has 1 aliphatic rings. The Hall–Kier alpha value is -2.38. The molecule has 0 fully saturated rings. The van der Waals surface area contributed by atoms with Crippen LogP contribution in [0.5, 0.6) is 17.2 Å². The average molecular weight is 334 g/mol. The summed E-state index contributed by atoms with van der Waals surface area (Å²) in [6.07, 6.45) is -0.792. The summed E-state index contributed by atoms with van der Waals surface area (Å²) >= 11 is 1.04. The van der Waals surface area contributed by atoms with Crippen LogP contribution in [0.15, 0.2) is 12.1 Å². The van der Waals surface area contributed by atoms with E-state index in [1.807, 2.05) is 0 Å². The number of aliphatic hydroxyl groups is 1. The quantitative estimate of drug-likeness (QED) is 0.763. The highest BCUT2D eigenvalue weighted by Gasteiger charge is 2.38. The van der Waals surface area contributed by atoms with Gasteiger partial charge in [-0.05, 0) is 13.0 Å². The van der Waals surface area contributed by atoms with Gasteiger partial charge in [-0.25, -0.2) is 0 Å². The molecule has 120 valence electrons. The number of ether oxygens (including phenoxy) is 2. The first kappa shape index (κ1) is 15.5. The molecule has 0 unspecified atom stereocenters. The Morgan fingerprint density at radius 1 is 1.04 bits per heavy atom. The summed E-state index contributed by atoms with van der Waals surface area (Å²) in [6, 6.07) is 2.88. The van der Waals surface area contributed by atoms with Gasteiger partial charge in [0.1, 0.15) is 5.75 Å². The number of carbonyl (C=O) groups excluding carboxylic acids is 2.